The summed E-state index contributed by atoms with van der Waals surface area (Å²) in [4.78, 5) is 29.1. The molecule has 0 aliphatic heterocycles. The second-order valence-corrected chi connectivity index (χ2v) is 6.02. The van der Waals surface area contributed by atoms with Gasteiger partial charge < -0.3 is 5.32 Å². The smallest absolute Gasteiger partial charge is 0.270 e. The number of fused-ring (bicyclic) bond motifs is 1. The molecule has 1 N–H and O–H groups in total. The van der Waals surface area contributed by atoms with Gasteiger partial charge in [-0.05, 0) is 43.5 Å². The predicted molar refractivity (Wildman–Crippen MR) is 93.3 cm³/mol. The van der Waals surface area contributed by atoms with Crippen LogP contribution in [0.3, 0.4) is 0 Å². The van der Waals surface area contributed by atoms with Gasteiger partial charge in [0, 0.05) is 18.9 Å². The Labute approximate surface area is 140 Å². The highest BCUT2D eigenvalue weighted by Crippen LogP contribution is 2.10. The van der Waals surface area contributed by atoms with E-state index in [4.69, 9.17) is 0 Å². The van der Waals surface area contributed by atoms with Crippen molar-refractivity contribution in [3.63, 3.8) is 0 Å². The van der Waals surface area contributed by atoms with Crippen LogP contribution in [0.2, 0.25) is 0 Å². The third kappa shape index (κ3) is 3.06. The molecule has 2 aromatic heterocycles. The van der Waals surface area contributed by atoms with Crippen LogP contribution in [0.1, 0.15) is 32.6 Å². The predicted octanol–water partition coefficient (Wildman–Crippen LogP) is 2.55. The average molecular weight is 321 g/mol. The van der Waals surface area contributed by atoms with Gasteiger partial charge in [-0.2, -0.15) is 0 Å². The lowest BCUT2D eigenvalue weighted by Gasteiger charge is -2.09. The number of nitrogens with zero attached hydrogens (tertiary/aromatic N) is 2. The molecule has 1 amide bonds. The first kappa shape index (κ1) is 15.9. The Morgan fingerprint density at radius 1 is 1.12 bits per heavy atom. The van der Waals surface area contributed by atoms with Gasteiger partial charge in [-0.25, -0.2) is 4.98 Å². The number of aromatic nitrogens is 2. The fourth-order valence-electron chi connectivity index (χ4n) is 2.65. The van der Waals surface area contributed by atoms with Gasteiger partial charge in [0.2, 0.25) is 0 Å². The second-order valence-electron chi connectivity index (χ2n) is 6.02. The second kappa shape index (κ2) is 6.28. The van der Waals surface area contributed by atoms with E-state index in [2.05, 4.69) is 16.4 Å². The first-order chi connectivity index (χ1) is 11.5. The van der Waals surface area contributed by atoms with Crippen molar-refractivity contribution in [2.45, 2.75) is 27.3 Å². The molecule has 0 aliphatic rings. The van der Waals surface area contributed by atoms with Crippen LogP contribution in [0.4, 0.5) is 0 Å². The molecule has 0 spiro atoms. The van der Waals surface area contributed by atoms with E-state index in [-0.39, 0.29) is 11.1 Å². The van der Waals surface area contributed by atoms with Crippen molar-refractivity contribution in [1.82, 2.24) is 14.7 Å². The van der Waals surface area contributed by atoms with Crippen molar-refractivity contribution in [2.75, 3.05) is 0 Å². The van der Waals surface area contributed by atoms with Crippen LogP contribution in [0.15, 0.2) is 47.5 Å². The Morgan fingerprint density at radius 2 is 1.88 bits per heavy atom. The lowest BCUT2D eigenvalue weighted by molar-refractivity contribution is 0.0949. The lowest BCUT2D eigenvalue weighted by atomic mass is 10.1. The molecule has 0 bridgehead atoms. The fraction of sp³-hybridized carbons (Fsp3) is 0.211. The van der Waals surface area contributed by atoms with Gasteiger partial charge in [-0.3, -0.25) is 14.0 Å². The summed E-state index contributed by atoms with van der Waals surface area (Å²) in [6.07, 6.45) is 3.02. The molecule has 3 rings (SSSR count). The zero-order valence-corrected chi connectivity index (χ0v) is 14.0. The van der Waals surface area contributed by atoms with Crippen molar-refractivity contribution in [1.29, 1.82) is 0 Å². The number of rotatable bonds is 3. The Bertz CT molecular complexity index is 990. The molecule has 0 unspecified atom stereocenters. The van der Waals surface area contributed by atoms with E-state index in [1.54, 1.807) is 12.3 Å². The summed E-state index contributed by atoms with van der Waals surface area (Å²) < 4.78 is 1.40. The molecule has 122 valence electrons. The van der Waals surface area contributed by atoms with Gasteiger partial charge in [-0.1, -0.05) is 29.8 Å². The van der Waals surface area contributed by atoms with E-state index in [0.29, 0.717) is 12.2 Å². The van der Waals surface area contributed by atoms with E-state index in [1.807, 2.05) is 39.0 Å². The van der Waals surface area contributed by atoms with Gasteiger partial charge in [0.1, 0.15) is 11.2 Å². The number of carbonyl (C=O) groups excluding carboxylic acids is 1. The normalized spacial score (nSPS) is 10.8. The Morgan fingerprint density at radius 3 is 2.62 bits per heavy atom. The molecule has 5 heteroatoms. The number of carbonyl (C=O) groups is 1. The zero-order valence-electron chi connectivity index (χ0n) is 14.0. The summed E-state index contributed by atoms with van der Waals surface area (Å²) in [6.45, 7) is 6.29. The summed E-state index contributed by atoms with van der Waals surface area (Å²) in [5.41, 5.74) is 4.45. The summed E-state index contributed by atoms with van der Waals surface area (Å²) in [7, 11) is 0. The van der Waals surface area contributed by atoms with Gasteiger partial charge >= 0.3 is 0 Å². The van der Waals surface area contributed by atoms with Crippen molar-refractivity contribution in [2.24, 2.45) is 0 Å². The quantitative estimate of drug-likeness (QED) is 0.806. The van der Waals surface area contributed by atoms with E-state index >= 15 is 0 Å². The summed E-state index contributed by atoms with van der Waals surface area (Å²) in [5, 5.41) is 2.80. The van der Waals surface area contributed by atoms with E-state index in [1.165, 1.54) is 16.2 Å². The SMILES string of the molecule is Cc1ccc(CNC(=O)c2cnc3ccc(C)cn3c2=O)c(C)c1. The number of nitrogens with one attached hydrogen (secondary N) is 1. The van der Waals surface area contributed by atoms with Crippen LogP contribution in [-0.4, -0.2) is 15.3 Å². The van der Waals surface area contributed by atoms with Gasteiger partial charge in [0.15, 0.2) is 0 Å². The van der Waals surface area contributed by atoms with Gasteiger partial charge in [-0.15, -0.1) is 0 Å². The van der Waals surface area contributed by atoms with Gasteiger partial charge in [0.25, 0.3) is 11.5 Å². The van der Waals surface area contributed by atoms with E-state index in [0.717, 1.165) is 16.7 Å². The number of hydrogen-bond acceptors (Lipinski definition) is 3. The van der Waals surface area contributed by atoms with Crippen LogP contribution in [-0.2, 0) is 6.54 Å². The maximum atomic E-state index is 12.5. The molecule has 0 fully saturated rings. The van der Waals surface area contributed by atoms with Crippen LogP contribution in [0, 0.1) is 20.8 Å². The summed E-state index contributed by atoms with van der Waals surface area (Å²) >= 11 is 0. The number of pyridine rings is 1. The standard InChI is InChI=1S/C19H19N3O2/c1-12-4-6-15(14(3)8-12)9-21-18(23)16-10-20-17-7-5-13(2)11-22(17)19(16)24/h4-8,10-11H,9H2,1-3H3,(H,21,23). The van der Waals surface area contributed by atoms with Crippen molar-refractivity contribution >= 4 is 11.6 Å². The number of hydrogen-bond donors (Lipinski definition) is 1. The largest absolute Gasteiger partial charge is 0.348 e. The molecule has 2 heterocycles. The van der Waals surface area contributed by atoms with Crippen LogP contribution in [0.5, 0.6) is 0 Å². The lowest BCUT2D eigenvalue weighted by Crippen LogP contribution is -2.31. The van der Waals surface area contributed by atoms with Gasteiger partial charge in [0.05, 0.1) is 0 Å². The third-order valence-corrected chi connectivity index (χ3v) is 4.03. The molecular weight excluding hydrogens is 302 g/mol. The van der Waals surface area contributed by atoms with E-state index in [9.17, 15) is 9.59 Å². The molecule has 3 aromatic rings. The molecule has 0 radical (unpaired) electrons. The van der Waals surface area contributed by atoms with Crippen LogP contribution < -0.4 is 10.9 Å². The Hall–Kier alpha value is -2.95. The Kier molecular flexibility index (Phi) is 4.16. The number of benzene rings is 1. The Balaban J connectivity index is 1.86. The number of amides is 1. The molecule has 0 saturated heterocycles. The number of aryl methyl sites for hydroxylation is 3. The monoisotopic (exact) mass is 321 g/mol. The minimum Gasteiger partial charge on any atom is -0.348 e. The summed E-state index contributed by atoms with van der Waals surface area (Å²) in [6, 6.07) is 9.69. The zero-order chi connectivity index (χ0) is 17.3. The molecular formula is C19H19N3O2. The maximum absolute atomic E-state index is 12.5. The molecule has 1 aromatic carbocycles. The highest BCUT2D eigenvalue weighted by Gasteiger charge is 2.13. The fourth-order valence-corrected chi connectivity index (χ4v) is 2.65. The highest BCUT2D eigenvalue weighted by molar-refractivity contribution is 5.93. The highest BCUT2D eigenvalue weighted by atomic mass is 16.2. The van der Waals surface area contributed by atoms with Crippen LogP contribution >= 0.6 is 0 Å². The average Bonchev–Trinajstić information content (AvgIpc) is 2.54. The summed E-state index contributed by atoms with van der Waals surface area (Å²) in [5.74, 6) is -0.414. The maximum Gasteiger partial charge on any atom is 0.270 e. The molecule has 24 heavy (non-hydrogen) atoms. The molecule has 0 atom stereocenters. The topological polar surface area (TPSA) is 63.5 Å². The van der Waals surface area contributed by atoms with Crippen LogP contribution in [0.25, 0.3) is 5.65 Å². The first-order valence-corrected chi connectivity index (χ1v) is 7.78. The molecule has 0 aliphatic carbocycles. The van der Waals surface area contributed by atoms with Crippen molar-refractivity contribution in [3.05, 3.63) is 80.9 Å². The first-order valence-electron chi connectivity index (χ1n) is 7.78. The third-order valence-electron chi connectivity index (χ3n) is 4.03. The minimum absolute atomic E-state index is 0.0443. The van der Waals surface area contributed by atoms with Crippen molar-refractivity contribution in [3.8, 4) is 0 Å². The van der Waals surface area contributed by atoms with Crippen molar-refractivity contribution < 1.29 is 4.79 Å². The minimum atomic E-state index is -0.414. The molecule has 5 nitrogen and oxygen atoms in total. The van der Waals surface area contributed by atoms with E-state index < -0.39 is 5.91 Å². The molecule has 0 saturated carbocycles.